The molecule has 148 valence electrons. The van der Waals surface area contributed by atoms with Gasteiger partial charge in [0.25, 0.3) is 0 Å². The molecule has 2 heterocycles. The van der Waals surface area contributed by atoms with Crippen molar-refractivity contribution in [1.29, 1.82) is 0 Å². The van der Waals surface area contributed by atoms with Crippen LogP contribution in [0.1, 0.15) is 27.2 Å². The Morgan fingerprint density at radius 3 is 2.63 bits per heavy atom. The number of hydrogen-bond acceptors (Lipinski definition) is 6. The second kappa shape index (κ2) is 9.32. The summed E-state index contributed by atoms with van der Waals surface area (Å²) in [5.41, 5.74) is 0.0363. The summed E-state index contributed by atoms with van der Waals surface area (Å²) in [6.07, 6.45) is 1.94. The number of nitrogens with zero attached hydrogens (tertiary/aromatic N) is 1. The van der Waals surface area contributed by atoms with Crippen LogP contribution in [0.5, 0.6) is 0 Å². The second-order valence-corrected chi connectivity index (χ2v) is 8.75. The zero-order valence-electron chi connectivity index (χ0n) is 15.4. The fourth-order valence-electron chi connectivity index (χ4n) is 3.17. The Morgan fingerprint density at radius 2 is 2.04 bits per heavy atom. The van der Waals surface area contributed by atoms with E-state index >= 15 is 0 Å². The molecule has 0 saturated carbocycles. The van der Waals surface area contributed by atoms with Crippen LogP contribution < -0.4 is 10.6 Å². The number of hydrogen-bond donors (Lipinski definition) is 3. The van der Waals surface area contributed by atoms with Crippen molar-refractivity contribution >= 4 is 47.2 Å². The fraction of sp³-hybridized carbons (Fsp3) is 0.529. The molecule has 2 rings (SSSR count). The van der Waals surface area contributed by atoms with Gasteiger partial charge in [-0.05, 0) is 5.41 Å². The summed E-state index contributed by atoms with van der Waals surface area (Å²) in [6, 6.07) is -0.150. The third-order valence-corrected chi connectivity index (χ3v) is 6.47. The van der Waals surface area contributed by atoms with Crippen LogP contribution in [-0.2, 0) is 19.2 Å². The lowest BCUT2D eigenvalue weighted by Gasteiger charge is -2.45. The molecule has 0 bridgehead atoms. The molecule has 8 nitrogen and oxygen atoms in total. The van der Waals surface area contributed by atoms with Crippen molar-refractivity contribution in [3.8, 4) is 0 Å². The number of nitrogens with one attached hydrogen (secondary N) is 2. The number of carbonyl (C=O) groups excluding carboxylic acids is 3. The molecule has 2 aliphatic heterocycles. The Morgan fingerprint density at radius 1 is 1.33 bits per heavy atom. The molecule has 0 aromatic heterocycles. The van der Waals surface area contributed by atoms with E-state index < -0.39 is 5.97 Å². The summed E-state index contributed by atoms with van der Waals surface area (Å²) in [4.78, 5) is 48.0. The van der Waals surface area contributed by atoms with Gasteiger partial charge in [-0.3, -0.25) is 14.4 Å². The molecule has 0 aromatic rings. The van der Waals surface area contributed by atoms with Crippen molar-refractivity contribution in [3.63, 3.8) is 0 Å². The highest BCUT2D eigenvalue weighted by molar-refractivity contribution is 8.05. The summed E-state index contributed by atoms with van der Waals surface area (Å²) in [6.45, 7) is 5.33. The Balaban J connectivity index is 1.97. The third-order valence-electron chi connectivity index (χ3n) is 4.30. The van der Waals surface area contributed by atoms with Crippen LogP contribution in [0.25, 0.3) is 0 Å². The van der Waals surface area contributed by atoms with Gasteiger partial charge in [0.1, 0.15) is 5.70 Å². The predicted octanol–water partition coefficient (Wildman–Crippen LogP) is 1.11. The van der Waals surface area contributed by atoms with E-state index in [4.69, 9.17) is 0 Å². The van der Waals surface area contributed by atoms with Crippen LogP contribution >= 0.6 is 23.5 Å². The number of β-lactam (4-membered cyclic amide) rings is 1. The van der Waals surface area contributed by atoms with Gasteiger partial charge in [0.15, 0.2) is 0 Å². The van der Waals surface area contributed by atoms with Crippen molar-refractivity contribution in [2.75, 3.05) is 12.3 Å². The summed E-state index contributed by atoms with van der Waals surface area (Å²) in [5, 5.41) is 16.4. The van der Waals surface area contributed by atoms with E-state index in [2.05, 4.69) is 10.6 Å². The Hall–Kier alpha value is -1.94. The van der Waals surface area contributed by atoms with E-state index in [0.29, 0.717) is 23.6 Å². The first-order valence-corrected chi connectivity index (χ1v) is 10.4. The number of aliphatic carboxylic acids is 1. The summed E-state index contributed by atoms with van der Waals surface area (Å²) < 4.78 is 0. The first-order valence-electron chi connectivity index (χ1n) is 8.48. The molecule has 1 fully saturated rings. The number of carboxylic acid groups (broad SMARTS) is 1. The van der Waals surface area contributed by atoms with Gasteiger partial charge < -0.3 is 20.6 Å². The quantitative estimate of drug-likeness (QED) is 0.383. The average Bonchev–Trinajstić information content (AvgIpc) is 2.90. The maximum atomic E-state index is 12.6. The highest BCUT2D eigenvalue weighted by Crippen LogP contribution is 2.48. The molecule has 1 unspecified atom stereocenters. The van der Waals surface area contributed by atoms with Crippen molar-refractivity contribution in [2.24, 2.45) is 5.92 Å². The predicted molar refractivity (Wildman–Crippen MR) is 105 cm³/mol. The van der Waals surface area contributed by atoms with Gasteiger partial charge in [-0.25, -0.2) is 4.79 Å². The number of amides is 3. The number of carbonyl (C=O) groups is 4. The van der Waals surface area contributed by atoms with Gasteiger partial charge in [0.2, 0.25) is 17.7 Å². The highest BCUT2D eigenvalue weighted by Gasteiger charge is 2.56. The van der Waals surface area contributed by atoms with Crippen LogP contribution in [0.15, 0.2) is 22.2 Å². The summed E-state index contributed by atoms with van der Waals surface area (Å²) in [7, 11) is 0. The minimum absolute atomic E-state index is 0.0295. The van der Waals surface area contributed by atoms with Crippen molar-refractivity contribution in [3.05, 3.63) is 22.2 Å². The van der Waals surface area contributed by atoms with Crippen LogP contribution in [0, 0.1) is 5.92 Å². The maximum absolute atomic E-state index is 12.6. The molecule has 3 atom stereocenters. The zero-order chi connectivity index (χ0) is 20.1. The third kappa shape index (κ3) is 5.07. The first-order chi connectivity index (χ1) is 12.7. The molecule has 0 radical (unpaired) electrons. The van der Waals surface area contributed by atoms with Crippen molar-refractivity contribution < 1.29 is 24.3 Å². The highest BCUT2D eigenvalue weighted by atomic mass is 32.2. The van der Waals surface area contributed by atoms with E-state index in [9.17, 15) is 24.3 Å². The lowest BCUT2D eigenvalue weighted by Crippen LogP contribution is -2.61. The Bertz CT molecular complexity index is 707. The molecule has 0 aliphatic carbocycles. The number of rotatable bonds is 9. The van der Waals surface area contributed by atoms with Gasteiger partial charge in [0.05, 0.1) is 12.0 Å². The summed E-state index contributed by atoms with van der Waals surface area (Å²) in [5.74, 6) is -1.13. The standard InChI is InChI=1S/C17H23N3O5S2/c1-9(26-6-4-18-10(2)21)14-12-8-13(27-7-5-19-11(3)22)15(17(24)25)20(12)16(14)23/h5,7,9,12,14H,4,6,8H2,1-3H3,(H,18,21)(H,19,22)(H,24,25)/t9?,12-,14-/m1/s1. The fourth-order valence-corrected chi connectivity index (χ4v) is 5.13. The van der Waals surface area contributed by atoms with Gasteiger partial charge in [-0.15, -0.1) is 0 Å². The molecular formula is C17H23N3O5S2. The SMILES string of the molecule is CC(=O)NC=CSC1=C(C(=O)O)N2C(=O)[C@H](C(C)SCCNC(C)=O)[C@H]2C1. The second-order valence-electron chi connectivity index (χ2n) is 6.26. The molecule has 27 heavy (non-hydrogen) atoms. The largest absolute Gasteiger partial charge is 0.477 e. The monoisotopic (exact) mass is 413 g/mol. The van der Waals surface area contributed by atoms with Gasteiger partial charge >= 0.3 is 5.97 Å². The Kier molecular flexibility index (Phi) is 7.37. The molecule has 10 heteroatoms. The van der Waals surface area contributed by atoms with E-state index in [1.807, 2.05) is 6.92 Å². The average molecular weight is 414 g/mol. The lowest BCUT2D eigenvalue weighted by molar-refractivity contribution is -0.154. The van der Waals surface area contributed by atoms with Gasteiger partial charge in [-0.2, -0.15) is 11.8 Å². The topological polar surface area (TPSA) is 116 Å². The normalized spacial score (nSPS) is 22.5. The molecule has 3 N–H and O–H groups in total. The smallest absolute Gasteiger partial charge is 0.353 e. The zero-order valence-corrected chi connectivity index (χ0v) is 17.0. The van der Waals surface area contributed by atoms with Crippen molar-refractivity contribution in [1.82, 2.24) is 15.5 Å². The van der Waals surface area contributed by atoms with E-state index in [0.717, 1.165) is 0 Å². The molecule has 2 aliphatic rings. The van der Waals surface area contributed by atoms with Crippen LogP contribution in [-0.4, -0.2) is 57.3 Å². The lowest BCUT2D eigenvalue weighted by atomic mass is 9.85. The van der Waals surface area contributed by atoms with Crippen LogP contribution in [0.4, 0.5) is 0 Å². The number of thioether (sulfide) groups is 2. The summed E-state index contributed by atoms with van der Waals surface area (Å²) >= 11 is 2.80. The minimum atomic E-state index is -1.12. The molecule has 3 amide bonds. The number of carboxylic acids is 1. The Labute approximate surface area is 166 Å². The van der Waals surface area contributed by atoms with Crippen LogP contribution in [0.3, 0.4) is 0 Å². The minimum Gasteiger partial charge on any atom is -0.477 e. The van der Waals surface area contributed by atoms with Crippen LogP contribution in [0.2, 0.25) is 0 Å². The molecule has 0 spiro atoms. The van der Waals surface area contributed by atoms with Gasteiger partial charge in [0, 0.05) is 48.9 Å². The first kappa shape index (κ1) is 21.4. The maximum Gasteiger partial charge on any atom is 0.353 e. The van der Waals surface area contributed by atoms with Gasteiger partial charge in [-0.1, -0.05) is 18.7 Å². The van der Waals surface area contributed by atoms with E-state index in [1.54, 1.807) is 17.2 Å². The van der Waals surface area contributed by atoms with Crippen molar-refractivity contribution in [2.45, 2.75) is 38.5 Å². The molecule has 0 aromatic carbocycles. The number of fused-ring (bicyclic) bond motifs is 1. The molecule has 1 saturated heterocycles. The van der Waals surface area contributed by atoms with E-state index in [-0.39, 0.29) is 40.6 Å². The molecular weight excluding hydrogens is 390 g/mol. The van der Waals surface area contributed by atoms with E-state index in [1.165, 1.54) is 36.7 Å².